The Balaban J connectivity index is -0.000000123. The normalized spacial score (nSPS) is 14.0. The molecule has 0 N–H and O–H groups in total. The van der Waals surface area contributed by atoms with E-state index >= 15 is 0 Å². The predicted molar refractivity (Wildman–Crippen MR) is 98.4 cm³/mol. The van der Waals surface area contributed by atoms with Gasteiger partial charge in [-0.25, -0.2) is 0 Å². The summed E-state index contributed by atoms with van der Waals surface area (Å²) in [5, 5.41) is 0. The van der Waals surface area contributed by atoms with E-state index in [9.17, 15) is 9.59 Å². The molecule has 0 heterocycles. The van der Waals surface area contributed by atoms with Crippen molar-refractivity contribution in [1.29, 1.82) is 0 Å². The molecule has 0 aromatic heterocycles. The molecule has 0 aromatic carbocycles. The van der Waals surface area contributed by atoms with E-state index in [0.717, 1.165) is 5.92 Å². The van der Waals surface area contributed by atoms with Crippen molar-refractivity contribution in [2.75, 3.05) is 0 Å². The van der Waals surface area contributed by atoms with Gasteiger partial charge in [-0.2, -0.15) is 11.3 Å². The van der Waals surface area contributed by atoms with Gasteiger partial charge in [0.25, 0.3) is 0 Å². The van der Waals surface area contributed by atoms with Crippen LogP contribution in [0.2, 0.25) is 0 Å². The van der Waals surface area contributed by atoms with Crippen LogP contribution in [0.25, 0.3) is 0 Å². The molecule has 1 radical (unpaired) electrons. The fraction of sp³-hybridized carbons (Fsp3) is 0.900. The summed E-state index contributed by atoms with van der Waals surface area (Å²) in [6.45, 7) is 21.0. The molecular weight excluding hydrogens is 361 g/mol. The summed E-state index contributed by atoms with van der Waals surface area (Å²) in [6, 6.07) is 0. The Kier molecular flexibility index (Phi) is 23.5. The molecule has 0 spiro atoms. The first-order chi connectivity index (χ1) is 9.99. The van der Waals surface area contributed by atoms with Crippen LogP contribution in [0, 0.1) is 22.7 Å². The molecule has 0 fully saturated rings. The summed E-state index contributed by atoms with van der Waals surface area (Å²) in [6.07, 6.45) is 8.19. The van der Waals surface area contributed by atoms with Gasteiger partial charge in [0.1, 0.15) is 0 Å². The van der Waals surface area contributed by atoms with Crippen LogP contribution >= 0.6 is 0 Å². The average molecular weight is 401 g/mol. The minimum absolute atomic E-state index is 0. The van der Waals surface area contributed by atoms with Crippen LogP contribution in [0.1, 0.15) is 94.9 Å². The van der Waals surface area contributed by atoms with Crippen molar-refractivity contribution in [2.24, 2.45) is 22.7 Å². The molecule has 137 valence electrons. The van der Waals surface area contributed by atoms with Gasteiger partial charge in [-0.3, -0.25) is 12.6 Å². The first-order valence-corrected chi connectivity index (χ1v) is 8.76. The minimum atomic E-state index is -0.637. The summed E-state index contributed by atoms with van der Waals surface area (Å²) >= 11 is 0. The van der Waals surface area contributed by atoms with Crippen LogP contribution in [0.15, 0.2) is 0 Å². The minimum Gasteiger partial charge on any atom is -0.542 e. The van der Waals surface area contributed by atoms with Gasteiger partial charge >= 0.3 is 0 Å². The molecule has 0 aliphatic heterocycles. The molecule has 2 nitrogen and oxygen atoms in total. The maximum atomic E-state index is 10.4. The van der Waals surface area contributed by atoms with Crippen molar-refractivity contribution < 1.29 is 42.3 Å². The smallest absolute Gasteiger partial charge is 0 e. The predicted octanol–water partition coefficient (Wildman–Crippen LogP) is 6.14. The third-order valence-electron chi connectivity index (χ3n) is 4.83. The van der Waals surface area contributed by atoms with E-state index in [2.05, 4.69) is 48.5 Å². The van der Waals surface area contributed by atoms with Crippen LogP contribution in [0.3, 0.4) is 0 Å². The first-order valence-electron chi connectivity index (χ1n) is 8.76. The quantitative estimate of drug-likeness (QED) is 0.480. The third-order valence-corrected chi connectivity index (χ3v) is 4.83. The van der Waals surface area contributed by atoms with Gasteiger partial charge in [0.15, 0.2) is 0 Å². The third kappa shape index (κ3) is 18.6. The van der Waals surface area contributed by atoms with Crippen LogP contribution < -0.4 is 0 Å². The van der Waals surface area contributed by atoms with Gasteiger partial charge in [-0.05, 0) is 11.3 Å². The molecule has 0 rings (SSSR count). The average Bonchev–Trinajstić information content (AvgIpc) is 2.54. The zero-order valence-electron chi connectivity index (χ0n) is 17.4. The Labute approximate surface area is 171 Å². The number of hydrogen-bond acceptors (Lipinski definition) is 2. The van der Waals surface area contributed by atoms with Gasteiger partial charge in [0, 0.05) is 32.7 Å². The van der Waals surface area contributed by atoms with E-state index in [4.69, 9.17) is 0 Å². The fourth-order valence-electron chi connectivity index (χ4n) is 0.847. The number of rotatable bonds is 7. The molecule has 0 aromatic rings. The number of hydrogen-bond donors (Lipinski definition) is 0. The summed E-state index contributed by atoms with van der Waals surface area (Å²) in [4.78, 5) is 20.5. The largest absolute Gasteiger partial charge is 0.542 e. The van der Waals surface area contributed by atoms with Crippen molar-refractivity contribution in [1.82, 2.24) is 0 Å². The Morgan fingerprint density at radius 3 is 1.22 bits per heavy atom. The van der Waals surface area contributed by atoms with Gasteiger partial charge in [-0.15, -0.1) is 0 Å². The van der Waals surface area contributed by atoms with Crippen molar-refractivity contribution >= 4 is 12.6 Å². The Hall–Kier alpha value is 0.444. The van der Waals surface area contributed by atoms with Crippen LogP contribution in [0.4, 0.5) is 0 Å². The molecule has 0 saturated carbocycles. The van der Waals surface area contributed by atoms with E-state index in [0.29, 0.717) is 11.8 Å². The van der Waals surface area contributed by atoms with Crippen molar-refractivity contribution in [3.8, 4) is 0 Å². The first kappa shape index (κ1) is 31.2. The van der Waals surface area contributed by atoms with E-state index in [1.165, 1.54) is 19.3 Å². The van der Waals surface area contributed by atoms with Crippen molar-refractivity contribution in [3.05, 3.63) is 0 Å². The topological polar surface area (TPSA) is 34.1 Å². The maximum Gasteiger partial charge on any atom is 0 e. The molecular formula is C20H40O2Y-2. The summed E-state index contributed by atoms with van der Waals surface area (Å²) < 4.78 is 0. The molecule has 2 atom stereocenters. The second-order valence-corrected chi connectivity index (χ2v) is 7.39. The second-order valence-electron chi connectivity index (χ2n) is 7.39. The molecule has 0 aliphatic carbocycles. The SMILES string of the molecule is CCC(C)(C)CC.CCC(C)([C-]=O)C(C)[C-]=O.CCC(C)C.[Y]. The van der Waals surface area contributed by atoms with E-state index < -0.39 is 5.41 Å². The van der Waals surface area contributed by atoms with Gasteiger partial charge in [0.2, 0.25) is 0 Å². The van der Waals surface area contributed by atoms with Crippen molar-refractivity contribution in [2.45, 2.75) is 94.9 Å². The monoisotopic (exact) mass is 401 g/mol. The molecule has 0 aliphatic rings. The molecule has 2 unspecified atom stereocenters. The summed E-state index contributed by atoms with van der Waals surface area (Å²) in [5.74, 6) is 0.532. The van der Waals surface area contributed by atoms with E-state index in [-0.39, 0.29) is 38.6 Å². The van der Waals surface area contributed by atoms with Gasteiger partial charge < -0.3 is 9.59 Å². The van der Waals surface area contributed by atoms with E-state index in [1.54, 1.807) is 20.1 Å². The van der Waals surface area contributed by atoms with Gasteiger partial charge in [-0.1, -0.05) is 94.9 Å². The summed E-state index contributed by atoms with van der Waals surface area (Å²) in [5.41, 5.74) is -0.0538. The molecule has 0 saturated heterocycles. The van der Waals surface area contributed by atoms with Crippen LogP contribution in [-0.2, 0) is 42.3 Å². The Morgan fingerprint density at radius 1 is 0.826 bits per heavy atom. The zero-order valence-corrected chi connectivity index (χ0v) is 20.2. The Bertz CT molecular complexity index is 269. The second kappa shape index (κ2) is 17.3. The summed E-state index contributed by atoms with van der Waals surface area (Å²) in [7, 11) is 0. The number of carbonyl (C=O) groups excluding carboxylic acids is 2. The van der Waals surface area contributed by atoms with Crippen molar-refractivity contribution in [3.63, 3.8) is 0 Å². The molecule has 23 heavy (non-hydrogen) atoms. The van der Waals surface area contributed by atoms with Gasteiger partial charge in [0.05, 0.1) is 0 Å². The molecule has 0 amide bonds. The standard InChI is InChI=1S/C8H12O2.C7H16.C5H12.Y/c1-4-8(3,6-10)7(2)5-9;1-5-7(3,4)6-2;1-4-5(2)3;/h7H,4H2,1-3H3;5-6H2,1-4H3;5H,4H2,1-3H3;/q-2;;;. The Morgan fingerprint density at radius 2 is 1.17 bits per heavy atom. The van der Waals surface area contributed by atoms with Crippen LogP contribution in [0.5, 0.6) is 0 Å². The molecule has 0 bridgehead atoms. The zero-order chi connectivity index (χ0) is 18.4. The van der Waals surface area contributed by atoms with Crippen LogP contribution in [-0.4, -0.2) is 12.6 Å². The maximum absolute atomic E-state index is 10.4. The molecule has 3 heteroatoms. The fourth-order valence-corrected chi connectivity index (χ4v) is 0.847. The van der Waals surface area contributed by atoms with E-state index in [1.807, 2.05) is 13.2 Å².